The summed E-state index contributed by atoms with van der Waals surface area (Å²) in [6, 6.07) is 18.0. The minimum absolute atomic E-state index is 0.0409. The van der Waals surface area contributed by atoms with Gasteiger partial charge in [-0.3, -0.25) is 14.9 Å². The summed E-state index contributed by atoms with van der Waals surface area (Å²) in [5, 5.41) is 19.2. The molecule has 0 aliphatic rings. The van der Waals surface area contributed by atoms with Crippen molar-refractivity contribution in [1.29, 1.82) is 0 Å². The third-order valence-corrected chi connectivity index (χ3v) is 6.35. The van der Waals surface area contributed by atoms with Crippen LogP contribution in [0.25, 0.3) is 16.9 Å². The van der Waals surface area contributed by atoms with E-state index in [2.05, 4.69) is 10.4 Å². The van der Waals surface area contributed by atoms with E-state index in [1.165, 1.54) is 16.8 Å². The zero-order valence-corrected chi connectivity index (χ0v) is 21.4. The highest BCUT2D eigenvalue weighted by atomic mass is 35.5. The van der Waals surface area contributed by atoms with E-state index in [1.54, 1.807) is 50.6 Å². The molecule has 190 valence electrons. The second-order valence-corrected chi connectivity index (χ2v) is 8.74. The van der Waals surface area contributed by atoms with Gasteiger partial charge in [-0.05, 0) is 60.5 Å². The van der Waals surface area contributed by atoms with Crippen LogP contribution in [0.4, 0.5) is 5.69 Å². The number of methoxy groups -OCH3 is 2. The minimum Gasteiger partial charge on any atom is -0.493 e. The van der Waals surface area contributed by atoms with Crippen LogP contribution in [0.3, 0.4) is 0 Å². The molecule has 0 fully saturated rings. The van der Waals surface area contributed by atoms with E-state index in [9.17, 15) is 14.9 Å². The van der Waals surface area contributed by atoms with Crippen molar-refractivity contribution < 1.29 is 19.2 Å². The van der Waals surface area contributed by atoms with Crippen LogP contribution in [0.15, 0.2) is 66.7 Å². The van der Waals surface area contributed by atoms with Crippen molar-refractivity contribution >= 4 is 34.8 Å². The number of rotatable bonds is 9. The maximum atomic E-state index is 13.2. The topological polar surface area (TPSA) is 109 Å². The molecule has 0 spiro atoms. The zero-order chi connectivity index (χ0) is 26.5. The van der Waals surface area contributed by atoms with Gasteiger partial charge in [0.15, 0.2) is 11.5 Å². The molecular weight excluding hydrogens is 519 g/mol. The second kappa shape index (κ2) is 11.3. The van der Waals surface area contributed by atoms with Crippen LogP contribution in [0, 0.1) is 10.1 Å². The van der Waals surface area contributed by atoms with Crippen molar-refractivity contribution in [1.82, 2.24) is 15.1 Å². The lowest BCUT2D eigenvalue weighted by molar-refractivity contribution is -0.384. The Balaban J connectivity index is 1.60. The van der Waals surface area contributed by atoms with Gasteiger partial charge in [0.05, 0.1) is 40.6 Å². The SMILES string of the molecule is COc1ccc(CCNC(=O)c2cc(-c3ccc([N+](=O)[O-])cc3)nn2-c2ccc(Cl)c(Cl)c2)cc1OC. The van der Waals surface area contributed by atoms with Crippen molar-refractivity contribution in [3.05, 3.63) is 98.1 Å². The van der Waals surface area contributed by atoms with Crippen LogP contribution >= 0.6 is 23.2 Å². The first-order valence-corrected chi connectivity index (χ1v) is 11.9. The number of ether oxygens (including phenoxy) is 2. The van der Waals surface area contributed by atoms with Gasteiger partial charge >= 0.3 is 0 Å². The third-order valence-electron chi connectivity index (χ3n) is 5.61. The van der Waals surface area contributed by atoms with Crippen molar-refractivity contribution in [2.24, 2.45) is 0 Å². The summed E-state index contributed by atoms with van der Waals surface area (Å²) in [6.07, 6.45) is 0.558. The molecular formula is C26H22Cl2N4O5. The molecule has 0 atom stereocenters. The maximum absolute atomic E-state index is 13.2. The fraction of sp³-hybridized carbons (Fsp3) is 0.154. The Bertz CT molecular complexity index is 1450. The Morgan fingerprint density at radius 3 is 2.35 bits per heavy atom. The number of nitro groups is 1. The van der Waals surface area contributed by atoms with E-state index in [0.29, 0.717) is 51.5 Å². The number of aromatic nitrogens is 2. The number of halogens is 2. The summed E-state index contributed by atoms with van der Waals surface area (Å²) in [7, 11) is 3.13. The lowest BCUT2D eigenvalue weighted by Gasteiger charge is -2.11. The molecule has 1 amide bonds. The van der Waals surface area contributed by atoms with Gasteiger partial charge in [-0.2, -0.15) is 5.10 Å². The monoisotopic (exact) mass is 540 g/mol. The summed E-state index contributed by atoms with van der Waals surface area (Å²) in [6.45, 7) is 0.355. The van der Waals surface area contributed by atoms with Crippen LogP contribution in [-0.4, -0.2) is 41.4 Å². The number of carbonyl (C=O) groups excluding carboxylic acids is 1. The van der Waals surface area contributed by atoms with Gasteiger partial charge in [0.25, 0.3) is 11.6 Å². The molecule has 9 nitrogen and oxygen atoms in total. The molecule has 4 rings (SSSR count). The van der Waals surface area contributed by atoms with E-state index < -0.39 is 4.92 Å². The summed E-state index contributed by atoms with van der Waals surface area (Å²) in [5.74, 6) is 0.878. The Labute approximate surface area is 222 Å². The van der Waals surface area contributed by atoms with Crippen molar-refractivity contribution in [3.8, 4) is 28.4 Å². The lowest BCUT2D eigenvalue weighted by Crippen LogP contribution is -2.27. The summed E-state index contributed by atoms with van der Waals surface area (Å²) < 4.78 is 12.1. The lowest BCUT2D eigenvalue weighted by atomic mass is 10.1. The van der Waals surface area contributed by atoms with Crippen LogP contribution in [-0.2, 0) is 6.42 Å². The molecule has 37 heavy (non-hydrogen) atoms. The first-order valence-electron chi connectivity index (χ1n) is 11.1. The van der Waals surface area contributed by atoms with Gasteiger partial charge in [0.1, 0.15) is 5.69 Å². The number of non-ortho nitro benzene ring substituents is 1. The smallest absolute Gasteiger partial charge is 0.270 e. The molecule has 0 saturated heterocycles. The van der Waals surface area contributed by atoms with E-state index in [1.807, 2.05) is 18.2 Å². The molecule has 0 saturated carbocycles. The van der Waals surface area contributed by atoms with E-state index >= 15 is 0 Å². The number of benzene rings is 3. The maximum Gasteiger partial charge on any atom is 0.270 e. The minimum atomic E-state index is -0.477. The van der Waals surface area contributed by atoms with E-state index in [-0.39, 0.29) is 17.3 Å². The highest BCUT2D eigenvalue weighted by Crippen LogP contribution is 2.29. The fourth-order valence-electron chi connectivity index (χ4n) is 3.70. The first-order chi connectivity index (χ1) is 17.8. The largest absolute Gasteiger partial charge is 0.493 e. The highest BCUT2D eigenvalue weighted by Gasteiger charge is 2.19. The van der Waals surface area contributed by atoms with Gasteiger partial charge < -0.3 is 14.8 Å². The van der Waals surface area contributed by atoms with Gasteiger partial charge in [-0.25, -0.2) is 4.68 Å². The van der Waals surface area contributed by atoms with Gasteiger partial charge in [-0.1, -0.05) is 29.3 Å². The standard InChI is InChI=1S/C26H22Cl2N4O5/c1-36-24-10-3-16(13-25(24)37-2)11-12-29-26(33)23-15-22(17-4-6-18(7-5-17)32(34)35)30-31(23)19-8-9-20(27)21(28)14-19/h3-10,13-15H,11-12H2,1-2H3,(H,29,33). The Kier molecular flexibility index (Phi) is 7.95. The molecule has 0 unspecified atom stereocenters. The quantitative estimate of drug-likeness (QED) is 0.214. The molecule has 0 aliphatic heterocycles. The van der Waals surface area contributed by atoms with Crippen LogP contribution in [0.1, 0.15) is 16.1 Å². The van der Waals surface area contributed by atoms with E-state index in [0.717, 1.165) is 5.56 Å². The average Bonchev–Trinajstić information content (AvgIpc) is 3.36. The number of hydrogen-bond acceptors (Lipinski definition) is 6. The van der Waals surface area contributed by atoms with Gasteiger partial charge in [0, 0.05) is 24.2 Å². The average molecular weight is 541 g/mol. The molecule has 11 heteroatoms. The number of carbonyl (C=O) groups is 1. The number of hydrogen-bond donors (Lipinski definition) is 1. The van der Waals surface area contributed by atoms with Crippen molar-refractivity contribution in [2.45, 2.75) is 6.42 Å². The first kappa shape index (κ1) is 26.0. The van der Waals surface area contributed by atoms with Crippen LogP contribution in [0.2, 0.25) is 10.0 Å². The Morgan fingerprint density at radius 1 is 0.973 bits per heavy atom. The van der Waals surface area contributed by atoms with Gasteiger partial charge in [0.2, 0.25) is 0 Å². The second-order valence-electron chi connectivity index (χ2n) is 7.92. The molecule has 1 N–H and O–H groups in total. The van der Waals surface area contributed by atoms with Crippen molar-refractivity contribution in [3.63, 3.8) is 0 Å². The normalized spacial score (nSPS) is 10.7. The Hall–Kier alpha value is -4.08. The number of nitrogens with one attached hydrogen (secondary N) is 1. The summed E-state index contributed by atoms with van der Waals surface area (Å²) >= 11 is 12.3. The van der Waals surface area contributed by atoms with Gasteiger partial charge in [-0.15, -0.1) is 0 Å². The predicted molar refractivity (Wildman–Crippen MR) is 141 cm³/mol. The summed E-state index contributed by atoms with van der Waals surface area (Å²) in [5.41, 5.74) is 2.80. The fourth-order valence-corrected chi connectivity index (χ4v) is 3.99. The molecule has 4 aromatic rings. The predicted octanol–water partition coefficient (Wildman–Crippen LogP) is 5.74. The molecule has 1 aromatic heterocycles. The van der Waals surface area contributed by atoms with Crippen LogP contribution in [0.5, 0.6) is 11.5 Å². The number of nitrogens with zero attached hydrogens (tertiary/aromatic N) is 3. The third kappa shape index (κ3) is 5.84. The molecule has 1 heterocycles. The highest BCUT2D eigenvalue weighted by molar-refractivity contribution is 6.42. The number of amides is 1. The van der Waals surface area contributed by atoms with Crippen molar-refractivity contribution in [2.75, 3.05) is 20.8 Å². The zero-order valence-electron chi connectivity index (χ0n) is 19.9. The molecule has 3 aromatic carbocycles. The van der Waals surface area contributed by atoms with Crippen LogP contribution < -0.4 is 14.8 Å². The van der Waals surface area contributed by atoms with E-state index in [4.69, 9.17) is 32.7 Å². The molecule has 0 radical (unpaired) electrons. The Morgan fingerprint density at radius 2 is 1.70 bits per heavy atom. The molecule has 0 aliphatic carbocycles. The molecule has 0 bridgehead atoms. The summed E-state index contributed by atoms with van der Waals surface area (Å²) in [4.78, 5) is 23.8. The number of nitro benzene ring substituents is 1.